The van der Waals surface area contributed by atoms with Gasteiger partial charge < -0.3 is 9.64 Å². The minimum Gasteiger partial charge on any atom is -0.383 e. The monoisotopic (exact) mass is 324 g/mol. The van der Waals surface area contributed by atoms with E-state index in [0.717, 1.165) is 18.8 Å². The molecule has 2 heterocycles. The lowest BCUT2D eigenvalue weighted by Crippen LogP contribution is -2.47. The van der Waals surface area contributed by atoms with Crippen LogP contribution in [0.4, 0.5) is 0 Å². The molecule has 8 nitrogen and oxygen atoms in total. The Bertz CT molecular complexity index is 530. The third-order valence-corrected chi connectivity index (χ3v) is 4.49. The molecule has 23 heavy (non-hydrogen) atoms. The third kappa shape index (κ3) is 3.69. The first-order chi connectivity index (χ1) is 10.9. The van der Waals surface area contributed by atoms with E-state index in [9.17, 15) is 4.79 Å². The second-order valence-corrected chi connectivity index (χ2v) is 6.81. The summed E-state index contributed by atoms with van der Waals surface area (Å²) in [4.78, 5) is 16.5. The van der Waals surface area contributed by atoms with Gasteiger partial charge in [-0.15, -0.1) is 5.10 Å². The summed E-state index contributed by atoms with van der Waals surface area (Å²) >= 11 is 0. The number of likely N-dealkylation sites (tertiary alicyclic amines) is 1. The molecular weight excluding hydrogens is 296 g/mol. The van der Waals surface area contributed by atoms with Crippen molar-refractivity contribution >= 4 is 5.91 Å². The molecule has 2 rings (SSSR count). The van der Waals surface area contributed by atoms with E-state index < -0.39 is 0 Å². The van der Waals surface area contributed by atoms with E-state index in [4.69, 9.17) is 4.74 Å². The van der Waals surface area contributed by atoms with Gasteiger partial charge in [-0.05, 0) is 36.9 Å². The number of rotatable bonds is 7. The van der Waals surface area contributed by atoms with Gasteiger partial charge in [0, 0.05) is 26.6 Å². The second kappa shape index (κ2) is 7.35. The molecule has 0 N–H and O–H groups in total. The number of methoxy groups -OCH3 is 1. The number of tetrazole rings is 1. The number of amides is 1. The fourth-order valence-electron chi connectivity index (χ4n) is 3.10. The Hall–Kier alpha value is -1.54. The van der Waals surface area contributed by atoms with Crippen LogP contribution in [-0.4, -0.2) is 76.8 Å². The lowest BCUT2D eigenvalue weighted by Gasteiger charge is -2.34. The van der Waals surface area contributed by atoms with E-state index in [0.29, 0.717) is 32.0 Å². The summed E-state index contributed by atoms with van der Waals surface area (Å²) in [7, 11) is 5.70. The number of carbonyl (C=O) groups is 1. The van der Waals surface area contributed by atoms with Crippen LogP contribution in [0.5, 0.6) is 0 Å². The van der Waals surface area contributed by atoms with Gasteiger partial charge in [-0.25, -0.2) is 4.68 Å². The van der Waals surface area contributed by atoms with Crippen LogP contribution in [0.15, 0.2) is 0 Å². The van der Waals surface area contributed by atoms with Crippen LogP contribution in [0.3, 0.4) is 0 Å². The maximum Gasteiger partial charge on any atom is 0.222 e. The molecule has 1 fully saturated rings. The minimum absolute atomic E-state index is 0.208. The summed E-state index contributed by atoms with van der Waals surface area (Å²) in [6.07, 6.45) is 1.41. The van der Waals surface area contributed by atoms with Crippen LogP contribution in [0.1, 0.15) is 32.5 Å². The average molecular weight is 324 g/mol. The van der Waals surface area contributed by atoms with Crippen LogP contribution < -0.4 is 0 Å². The van der Waals surface area contributed by atoms with Gasteiger partial charge in [0.05, 0.1) is 13.2 Å². The molecule has 1 amide bonds. The molecule has 130 valence electrons. The van der Waals surface area contributed by atoms with Gasteiger partial charge in [0.25, 0.3) is 0 Å². The molecule has 8 heteroatoms. The summed E-state index contributed by atoms with van der Waals surface area (Å²) in [6, 6.07) is 0. The highest BCUT2D eigenvalue weighted by Gasteiger charge is 2.47. The molecule has 1 aliphatic rings. The number of likely N-dealkylation sites (N-methyl/N-ethyl adjacent to an activating group) is 1. The fourth-order valence-corrected chi connectivity index (χ4v) is 3.10. The molecule has 0 aromatic carbocycles. The largest absolute Gasteiger partial charge is 0.383 e. The highest BCUT2D eigenvalue weighted by atomic mass is 16.5. The van der Waals surface area contributed by atoms with Crippen LogP contribution in [0, 0.1) is 5.92 Å². The lowest BCUT2D eigenvalue weighted by atomic mass is 9.96. The zero-order valence-corrected chi connectivity index (χ0v) is 14.8. The molecule has 0 saturated carbocycles. The molecular formula is C15H28N6O2. The first-order valence-electron chi connectivity index (χ1n) is 8.11. The van der Waals surface area contributed by atoms with Gasteiger partial charge >= 0.3 is 0 Å². The summed E-state index contributed by atoms with van der Waals surface area (Å²) in [5.74, 6) is 1.38. The molecule has 0 aliphatic carbocycles. The van der Waals surface area contributed by atoms with Gasteiger partial charge in [-0.2, -0.15) is 0 Å². The van der Waals surface area contributed by atoms with E-state index in [1.165, 1.54) is 0 Å². The Morgan fingerprint density at radius 1 is 1.43 bits per heavy atom. The van der Waals surface area contributed by atoms with Crippen molar-refractivity contribution in [3.8, 4) is 0 Å². The zero-order valence-electron chi connectivity index (χ0n) is 14.8. The summed E-state index contributed by atoms with van der Waals surface area (Å²) in [5.41, 5.74) is -0.343. The average Bonchev–Trinajstić information content (AvgIpc) is 3.11. The Labute approximate surface area is 137 Å². The first kappa shape index (κ1) is 17.8. The summed E-state index contributed by atoms with van der Waals surface area (Å²) in [6.45, 7) is 6.66. The van der Waals surface area contributed by atoms with Crippen molar-refractivity contribution in [3.63, 3.8) is 0 Å². The normalized spacial score (nSPS) is 21.6. The maximum atomic E-state index is 12.4. The van der Waals surface area contributed by atoms with E-state index >= 15 is 0 Å². The summed E-state index contributed by atoms with van der Waals surface area (Å²) < 4.78 is 6.93. The highest BCUT2D eigenvalue weighted by molar-refractivity contribution is 5.76. The molecule has 0 spiro atoms. The van der Waals surface area contributed by atoms with Crippen LogP contribution in [0.25, 0.3) is 0 Å². The van der Waals surface area contributed by atoms with Crippen molar-refractivity contribution < 1.29 is 9.53 Å². The van der Waals surface area contributed by atoms with Gasteiger partial charge in [-0.3, -0.25) is 9.69 Å². The van der Waals surface area contributed by atoms with Gasteiger partial charge in [-0.1, -0.05) is 13.8 Å². The lowest BCUT2D eigenvalue weighted by molar-refractivity contribution is -0.131. The van der Waals surface area contributed by atoms with Crippen LogP contribution in [0.2, 0.25) is 0 Å². The minimum atomic E-state index is -0.343. The molecule has 1 aliphatic heterocycles. The zero-order chi connectivity index (χ0) is 17.0. The number of nitrogens with zero attached hydrogens (tertiary/aromatic N) is 6. The number of hydrogen-bond donors (Lipinski definition) is 0. The van der Waals surface area contributed by atoms with Crippen molar-refractivity contribution in [3.05, 3.63) is 5.82 Å². The van der Waals surface area contributed by atoms with Gasteiger partial charge in [0.15, 0.2) is 5.82 Å². The standard InChI is InChI=1S/C15H28N6O2/c1-12(2)10-13(22)20-7-6-15(11-20,19(3)4)14-16-17-18-21(14)8-9-23-5/h12H,6-11H2,1-5H3. The van der Waals surface area contributed by atoms with Crippen molar-refractivity contribution in [2.75, 3.05) is 40.9 Å². The van der Waals surface area contributed by atoms with Crippen LogP contribution in [-0.2, 0) is 21.6 Å². The van der Waals surface area contributed by atoms with Crippen molar-refractivity contribution in [1.29, 1.82) is 0 Å². The molecule has 1 aromatic heterocycles. The van der Waals surface area contributed by atoms with E-state index in [2.05, 4.69) is 34.3 Å². The molecule has 1 saturated heterocycles. The second-order valence-electron chi connectivity index (χ2n) is 6.81. The predicted molar refractivity (Wildman–Crippen MR) is 85.7 cm³/mol. The van der Waals surface area contributed by atoms with Gasteiger partial charge in [0.1, 0.15) is 5.54 Å². The Morgan fingerprint density at radius 2 is 2.17 bits per heavy atom. The van der Waals surface area contributed by atoms with Crippen molar-refractivity contribution in [2.45, 2.75) is 38.8 Å². The number of aromatic nitrogens is 4. The third-order valence-electron chi connectivity index (χ3n) is 4.49. The number of ether oxygens (including phenoxy) is 1. The Balaban J connectivity index is 2.22. The first-order valence-corrected chi connectivity index (χ1v) is 8.11. The number of hydrogen-bond acceptors (Lipinski definition) is 6. The van der Waals surface area contributed by atoms with E-state index in [1.807, 2.05) is 19.0 Å². The Morgan fingerprint density at radius 3 is 2.78 bits per heavy atom. The molecule has 0 radical (unpaired) electrons. The highest BCUT2D eigenvalue weighted by Crippen LogP contribution is 2.35. The quantitative estimate of drug-likeness (QED) is 0.720. The summed E-state index contributed by atoms with van der Waals surface area (Å²) in [5, 5.41) is 12.2. The van der Waals surface area contributed by atoms with Crippen LogP contribution >= 0.6 is 0 Å². The van der Waals surface area contributed by atoms with Crippen molar-refractivity contribution in [1.82, 2.24) is 30.0 Å². The molecule has 1 atom stereocenters. The molecule has 1 aromatic rings. The fraction of sp³-hybridized carbons (Fsp3) is 0.867. The molecule has 1 unspecified atom stereocenters. The number of carbonyl (C=O) groups excluding carboxylic acids is 1. The predicted octanol–water partition coefficient (Wildman–Crippen LogP) is 0.355. The van der Waals surface area contributed by atoms with Crippen molar-refractivity contribution in [2.24, 2.45) is 5.92 Å². The van der Waals surface area contributed by atoms with E-state index in [1.54, 1.807) is 11.8 Å². The SMILES string of the molecule is COCCn1nnnc1C1(N(C)C)CCN(C(=O)CC(C)C)C1. The topological polar surface area (TPSA) is 76.4 Å². The van der Waals surface area contributed by atoms with E-state index in [-0.39, 0.29) is 11.4 Å². The smallest absolute Gasteiger partial charge is 0.222 e. The molecule has 0 bridgehead atoms. The maximum absolute atomic E-state index is 12.4. The Kier molecular flexibility index (Phi) is 5.69. The van der Waals surface area contributed by atoms with Gasteiger partial charge in [0.2, 0.25) is 5.91 Å².